The number of ether oxygens (including phenoxy) is 3. The summed E-state index contributed by atoms with van der Waals surface area (Å²) in [5, 5.41) is 0. The molecule has 2 aliphatic heterocycles. The molecule has 8 N–H and O–H groups in total. The lowest BCUT2D eigenvalue weighted by Crippen LogP contribution is -2.67. The van der Waals surface area contributed by atoms with Gasteiger partial charge in [0.25, 0.3) is 0 Å². The van der Waals surface area contributed by atoms with Crippen LogP contribution in [-0.4, -0.2) is 178 Å². The van der Waals surface area contributed by atoms with Gasteiger partial charge in [0.1, 0.15) is 36.6 Å². The van der Waals surface area contributed by atoms with E-state index in [0.29, 0.717) is 0 Å². The van der Waals surface area contributed by atoms with E-state index in [1.54, 1.807) is 0 Å². The summed E-state index contributed by atoms with van der Waals surface area (Å²) < 4.78 is 306. The van der Waals surface area contributed by atoms with Gasteiger partial charge in [0.15, 0.2) is 18.5 Å². The number of hydrogen-bond acceptors (Lipinski definition) is 27. The van der Waals surface area contributed by atoms with Gasteiger partial charge in [-0.25, -0.2) is 33.5 Å². The van der Waals surface area contributed by atoms with E-state index in [1.165, 1.54) is 0 Å². The summed E-state index contributed by atoms with van der Waals surface area (Å²) >= 11 is 0. The molecule has 0 radical (unpaired) electrons. The summed E-state index contributed by atoms with van der Waals surface area (Å²) in [4.78, 5) is 0. The minimum Gasteiger partial charge on any atom is -0.341 e. The van der Waals surface area contributed by atoms with Crippen LogP contribution in [0.15, 0.2) is 0 Å². The van der Waals surface area contributed by atoms with Crippen molar-refractivity contribution in [2.24, 2.45) is 0 Å². The lowest BCUT2D eigenvalue weighted by atomic mass is 9.97. The predicted molar refractivity (Wildman–Crippen MR) is 152 cm³/mol. The predicted octanol–water partition coefficient (Wildman–Crippen LogP) is -6.78. The second-order valence-corrected chi connectivity index (χ2v) is 18.0. The zero-order chi connectivity index (χ0) is 43.0. The van der Waals surface area contributed by atoms with Gasteiger partial charge in [0.05, 0.1) is 13.2 Å². The summed E-state index contributed by atoms with van der Waals surface area (Å²) in [7, 11) is -48.2. The first-order valence-electron chi connectivity index (χ1n) is 12.3. The molecule has 0 aromatic heterocycles. The molecular formula is C12H22O35S8. The number of rotatable bonds is 20. The van der Waals surface area contributed by atoms with Crippen LogP contribution in [0.5, 0.6) is 0 Å². The van der Waals surface area contributed by atoms with Crippen LogP contribution in [0.25, 0.3) is 0 Å². The molecule has 2 heterocycles. The van der Waals surface area contributed by atoms with E-state index < -0.39 is 158 Å². The fourth-order valence-electron chi connectivity index (χ4n) is 4.20. The standard InChI is InChI=1S/C12H22O35S8/c13-48(14,15)37-1-3-5(7(43-51(22,23)24)10(46-54(31,32)33)12(40-3)47-55(34,35)36)41-11-9(45-53(28,29)30)8(44-52(25,26)27)6(42-50(19,20)21)4(39-11)2-38-49(16,17)18/h3-12H,1-2H2,(H,13,14,15)(H,16,17,18)(H,19,20,21)(H,22,23,24)(H,25,26,27)(H,28,29,30)(H,31,32,33)(H,34,35,36)/t3-,4-,5-,6+,7+,8+,9-,10-,11+,12-/m1/s1. The average molecular weight is 983 g/mol. The van der Waals surface area contributed by atoms with Gasteiger partial charge in [-0.3, -0.25) is 36.4 Å². The molecule has 0 aromatic rings. The normalized spacial score (nSPS) is 30.9. The van der Waals surface area contributed by atoms with Crippen LogP contribution in [0.2, 0.25) is 0 Å². The first-order valence-corrected chi connectivity index (χ1v) is 23.3. The molecule has 328 valence electrons. The molecule has 2 saturated heterocycles. The first-order chi connectivity index (χ1) is 24.2. The van der Waals surface area contributed by atoms with E-state index in [0.717, 1.165) is 0 Å². The maximum absolute atomic E-state index is 11.8. The highest BCUT2D eigenvalue weighted by molar-refractivity contribution is 7.82. The van der Waals surface area contributed by atoms with Gasteiger partial charge >= 0.3 is 83.2 Å². The van der Waals surface area contributed by atoms with E-state index in [9.17, 15) is 90.1 Å². The second-order valence-electron chi connectivity index (χ2n) is 9.58. The molecule has 0 amide bonds. The fraction of sp³-hybridized carbons (Fsp3) is 1.00. The zero-order valence-electron chi connectivity index (χ0n) is 25.1. The van der Waals surface area contributed by atoms with E-state index in [2.05, 4.69) is 33.5 Å². The van der Waals surface area contributed by atoms with Crippen molar-refractivity contribution in [1.29, 1.82) is 0 Å². The molecule has 2 aliphatic rings. The molecule has 0 saturated carbocycles. The maximum Gasteiger partial charge on any atom is 0.399 e. The van der Waals surface area contributed by atoms with Gasteiger partial charge in [-0.15, -0.1) is 0 Å². The van der Waals surface area contributed by atoms with Crippen molar-refractivity contribution >= 4 is 83.2 Å². The maximum atomic E-state index is 11.8. The molecule has 0 bridgehead atoms. The lowest BCUT2D eigenvalue weighted by Gasteiger charge is -2.47. The molecule has 0 aromatic carbocycles. The highest BCUT2D eigenvalue weighted by Gasteiger charge is 2.59. The van der Waals surface area contributed by atoms with Gasteiger partial charge < -0.3 is 14.2 Å². The van der Waals surface area contributed by atoms with Crippen LogP contribution in [0.4, 0.5) is 0 Å². The second kappa shape index (κ2) is 17.6. The van der Waals surface area contributed by atoms with Crippen LogP contribution >= 0.6 is 0 Å². The van der Waals surface area contributed by atoms with Crippen LogP contribution < -0.4 is 0 Å². The molecule has 0 unspecified atom stereocenters. The Morgan fingerprint density at radius 2 is 0.600 bits per heavy atom. The largest absolute Gasteiger partial charge is 0.399 e. The molecular weight excluding hydrogens is 961 g/mol. The highest BCUT2D eigenvalue weighted by atomic mass is 32.3. The Kier molecular flexibility index (Phi) is 16.0. The quantitative estimate of drug-likeness (QED) is 0.0526. The average Bonchev–Trinajstić information content (AvgIpc) is 2.88. The van der Waals surface area contributed by atoms with Crippen molar-refractivity contribution in [3.8, 4) is 0 Å². The van der Waals surface area contributed by atoms with Gasteiger partial charge in [0.2, 0.25) is 6.29 Å². The van der Waals surface area contributed by atoms with E-state index in [4.69, 9.17) is 27.9 Å². The third-order valence-corrected chi connectivity index (χ3v) is 9.24. The summed E-state index contributed by atoms with van der Waals surface area (Å²) in [6.07, 6.45) is -32.1. The Labute approximate surface area is 308 Å². The summed E-state index contributed by atoms with van der Waals surface area (Å²) in [6.45, 7) is -3.87. The topological polar surface area (TPSA) is 536 Å². The molecule has 0 aliphatic carbocycles. The van der Waals surface area contributed by atoms with Crippen molar-refractivity contribution in [2.45, 2.75) is 61.4 Å². The van der Waals surface area contributed by atoms with Gasteiger partial charge in [-0.2, -0.15) is 67.3 Å². The van der Waals surface area contributed by atoms with Crippen LogP contribution in [-0.2, 0) is 131 Å². The SMILES string of the molecule is O=S(=O)(O)OC[C@H]1O[C@@H](O[C@H]2[C@H](OS(=O)(=O)O)[C@@H](OS(=O)(=O)O)[C@@H](OS(=O)(=O)O)O[C@@H]2COS(=O)(=O)O)[C@H](OS(=O)(=O)O)[C@@H](OS(=O)(=O)O)[C@H]1OS(=O)(=O)O. The van der Waals surface area contributed by atoms with Gasteiger partial charge in [-0.05, 0) is 0 Å². The number of hydrogen-bond donors (Lipinski definition) is 8. The smallest absolute Gasteiger partial charge is 0.341 e. The molecule has 10 atom stereocenters. The Balaban J connectivity index is 3.02. The Bertz CT molecular complexity index is 2260. The molecule has 2 fully saturated rings. The van der Waals surface area contributed by atoms with Crippen LogP contribution in [0.3, 0.4) is 0 Å². The van der Waals surface area contributed by atoms with Crippen molar-refractivity contribution in [1.82, 2.24) is 0 Å². The van der Waals surface area contributed by atoms with Crippen molar-refractivity contribution in [3.05, 3.63) is 0 Å². The Morgan fingerprint density at radius 1 is 0.327 bits per heavy atom. The molecule has 55 heavy (non-hydrogen) atoms. The van der Waals surface area contributed by atoms with E-state index in [1.807, 2.05) is 0 Å². The molecule has 0 spiro atoms. The Hall–Kier alpha value is -1.16. The summed E-state index contributed by atoms with van der Waals surface area (Å²) in [6, 6.07) is 0. The zero-order valence-corrected chi connectivity index (χ0v) is 31.6. The van der Waals surface area contributed by atoms with E-state index in [-0.39, 0.29) is 0 Å². The van der Waals surface area contributed by atoms with Crippen molar-refractivity contribution in [3.63, 3.8) is 0 Å². The highest BCUT2D eigenvalue weighted by Crippen LogP contribution is 2.37. The summed E-state index contributed by atoms with van der Waals surface area (Å²) in [5.74, 6) is 0. The van der Waals surface area contributed by atoms with Crippen LogP contribution in [0, 0.1) is 0 Å². The van der Waals surface area contributed by atoms with Gasteiger partial charge in [0, 0.05) is 0 Å². The van der Waals surface area contributed by atoms with E-state index >= 15 is 0 Å². The summed E-state index contributed by atoms with van der Waals surface area (Å²) in [5.41, 5.74) is 0. The van der Waals surface area contributed by atoms with Gasteiger partial charge in [-0.1, -0.05) is 0 Å². The van der Waals surface area contributed by atoms with Crippen molar-refractivity contribution < 1.29 is 151 Å². The first kappa shape index (κ1) is 50.0. The lowest BCUT2D eigenvalue weighted by molar-refractivity contribution is -0.341. The molecule has 2 rings (SSSR count). The minimum absolute atomic E-state index is 1.93. The third-order valence-electron chi connectivity index (χ3n) is 5.62. The van der Waals surface area contributed by atoms with Crippen LogP contribution in [0.1, 0.15) is 0 Å². The minimum atomic E-state index is -6.20. The fourth-order valence-corrected chi connectivity index (χ4v) is 7.68. The third kappa shape index (κ3) is 19.0. The Morgan fingerprint density at radius 3 is 0.945 bits per heavy atom. The molecule has 35 nitrogen and oxygen atoms in total. The molecule has 43 heteroatoms. The monoisotopic (exact) mass is 982 g/mol. The van der Waals surface area contributed by atoms with Crippen molar-refractivity contribution in [2.75, 3.05) is 13.2 Å².